The maximum Gasteiger partial charge on any atom is 0.276 e. The Bertz CT molecular complexity index is 461. The van der Waals surface area contributed by atoms with Crippen molar-refractivity contribution in [2.45, 2.75) is 31.3 Å². The number of aliphatic hydroxyl groups is 1. The summed E-state index contributed by atoms with van der Waals surface area (Å²) >= 11 is 5.71. The molecular formula is C11H14ClN3O3. The van der Waals surface area contributed by atoms with E-state index < -0.39 is 10.5 Å². The predicted octanol–water partition coefficient (Wildman–Crippen LogP) is 2.36. The van der Waals surface area contributed by atoms with Crippen LogP contribution in [0.4, 0.5) is 11.5 Å². The van der Waals surface area contributed by atoms with Crippen LogP contribution in [0.1, 0.15) is 25.7 Å². The molecule has 1 aliphatic rings. The monoisotopic (exact) mass is 271 g/mol. The van der Waals surface area contributed by atoms with E-state index >= 15 is 0 Å². The smallest absolute Gasteiger partial charge is 0.276 e. The third-order valence-corrected chi connectivity index (χ3v) is 3.32. The molecule has 0 unspecified atom stereocenters. The first-order chi connectivity index (χ1) is 8.48. The lowest BCUT2D eigenvalue weighted by Crippen LogP contribution is -2.33. The Hall–Kier alpha value is -1.40. The van der Waals surface area contributed by atoms with Crippen molar-refractivity contribution in [1.29, 1.82) is 0 Å². The molecule has 98 valence electrons. The van der Waals surface area contributed by atoms with Crippen molar-refractivity contribution < 1.29 is 10.0 Å². The van der Waals surface area contributed by atoms with Crippen molar-refractivity contribution in [3.63, 3.8) is 0 Å². The number of pyridine rings is 1. The van der Waals surface area contributed by atoms with Crippen LogP contribution in [0.3, 0.4) is 0 Å². The van der Waals surface area contributed by atoms with E-state index in [1.807, 2.05) is 0 Å². The lowest BCUT2D eigenvalue weighted by atomic mass is 10.0. The summed E-state index contributed by atoms with van der Waals surface area (Å²) < 4.78 is 0. The Balaban J connectivity index is 2.07. The molecule has 0 aromatic carbocycles. The van der Waals surface area contributed by atoms with Gasteiger partial charge in [-0.05, 0) is 12.8 Å². The highest BCUT2D eigenvalue weighted by molar-refractivity contribution is 6.29. The van der Waals surface area contributed by atoms with Gasteiger partial charge < -0.3 is 10.4 Å². The minimum atomic E-state index is -0.737. The molecular weight excluding hydrogens is 258 g/mol. The van der Waals surface area contributed by atoms with E-state index in [4.69, 9.17) is 11.6 Å². The third-order valence-electron chi connectivity index (χ3n) is 3.12. The van der Waals surface area contributed by atoms with Gasteiger partial charge in [-0.2, -0.15) is 0 Å². The molecule has 0 aliphatic heterocycles. The Labute approximate surface area is 109 Å². The summed E-state index contributed by atoms with van der Waals surface area (Å²) in [4.78, 5) is 14.1. The number of rotatable bonds is 4. The topological polar surface area (TPSA) is 88.3 Å². The van der Waals surface area contributed by atoms with Gasteiger partial charge in [-0.25, -0.2) is 4.98 Å². The number of nitro groups is 1. The van der Waals surface area contributed by atoms with Gasteiger partial charge in [-0.15, -0.1) is 0 Å². The number of hydrogen-bond donors (Lipinski definition) is 2. The molecule has 1 aliphatic carbocycles. The number of halogens is 1. The lowest BCUT2D eigenvalue weighted by molar-refractivity contribution is -0.384. The average Bonchev–Trinajstić information content (AvgIpc) is 2.73. The van der Waals surface area contributed by atoms with Crippen LogP contribution in [0.15, 0.2) is 12.1 Å². The van der Waals surface area contributed by atoms with E-state index in [1.165, 1.54) is 12.1 Å². The Morgan fingerprint density at radius 3 is 2.78 bits per heavy atom. The van der Waals surface area contributed by atoms with Crippen molar-refractivity contribution >= 4 is 23.1 Å². The quantitative estimate of drug-likeness (QED) is 0.498. The summed E-state index contributed by atoms with van der Waals surface area (Å²) in [6.07, 6.45) is 3.48. The second kappa shape index (κ2) is 5.07. The number of anilines is 1. The molecule has 0 radical (unpaired) electrons. The zero-order chi connectivity index (χ0) is 13.2. The van der Waals surface area contributed by atoms with Gasteiger partial charge in [0.2, 0.25) is 0 Å². The molecule has 1 aromatic heterocycles. The first-order valence-corrected chi connectivity index (χ1v) is 6.15. The van der Waals surface area contributed by atoms with Crippen LogP contribution >= 0.6 is 11.6 Å². The molecule has 1 heterocycles. The van der Waals surface area contributed by atoms with Gasteiger partial charge >= 0.3 is 0 Å². The van der Waals surface area contributed by atoms with Crippen LogP contribution in [-0.2, 0) is 0 Å². The number of nitrogens with zero attached hydrogens (tertiary/aromatic N) is 2. The van der Waals surface area contributed by atoms with Gasteiger partial charge in [0.05, 0.1) is 22.7 Å². The third kappa shape index (κ3) is 3.08. The van der Waals surface area contributed by atoms with Gasteiger partial charge in [-0.1, -0.05) is 24.4 Å². The molecule has 0 bridgehead atoms. The molecule has 0 spiro atoms. The summed E-state index contributed by atoms with van der Waals surface area (Å²) in [5.41, 5.74) is -0.852. The molecule has 1 aromatic rings. The predicted molar refractivity (Wildman–Crippen MR) is 67.8 cm³/mol. The van der Waals surface area contributed by atoms with Crippen LogP contribution in [0.2, 0.25) is 5.15 Å². The van der Waals surface area contributed by atoms with Crippen LogP contribution < -0.4 is 5.32 Å². The Morgan fingerprint density at radius 1 is 1.50 bits per heavy atom. The molecule has 1 fully saturated rings. The van der Waals surface area contributed by atoms with E-state index in [9.17, 15) is 15.2 Å². The van der Waals surface area contributed by atoms with Crippen molar-refractivity contribution in [2.24, 2.45) is 0 Å². The summed E-state index contributed by atoms with van der Waals surface area (Å²) in [5.74, 6) is 0.314. The molecule has 1 saturated carbocycles. The summed E-state index contributed by atoms with van der Waals surface area (Å²) in [6, 6.07) is 2.50. The van der Waals surface area contributed by atoms with Gasteiger partial charge in [-0.3, -0.25) is 10.1 Å². The fraction of sp³-hybridized carbons (Fsp3) is 0.545. The molecule has 0 amide bonds. The van der Waals surface area contributed by atoms with Crippen molar-refractivity contribution in [1.82, 2.24) is 4.98 Å². The van der Waals surface area contributed by atoms with Crippen LogP contribution in [0.25, 0.3) is 0 Å². The second-order valence-corrected chi connectivity index (χ2v) is 4.96. The average molecular weight is 272 g/mol. The minimum absolute atomic E-state index is 0.0603. The van der Waals surface area contributed by atoms with E-state index in [1.54, 1.807) is 0 Å². The normalized spacial score (nSPS) is 17.7. The van der Waals surface area contributed by atoms with Gasteiger partial charge in [0, 0.05) is 6.54 Å². The van der Waals surface area contributed by atoms with Gasteiger partial charge in [0.25, 0.3) is 5.69 Å². The van der Waals surface area contributed by atoms with E-state index in [-0.39, 0.29) is 10.8 Å². The zero-order valence-electron chi connectivity index (χ0n) is 9.73. The number of nitrogens with one attached hydrogen (secondary N) is 1. The summed E-state index contributed by atoms with van der Waals surface area (Å²) in [7, 11) is 0. The minimum Gasteiger partial charge on any atom is -0.388 e. The molecule has 0 saturated heterocycles. The maximum absolute atomic E-state index is 10.7. The number of hydrogen-bond acceptors (Lipinski definition) is 5. The maximum atomic E-state index is 10.7. The fourth-order valence-corrected chi connectivity index (χ4v) is 2.35. The van der Waals surface area contributed by atoms with Crippen LogP contribution in [-0.4, -0.2) is 27.2 Å². The first kappa shape index (κ1) is 13.0. The SMILES string of the molecule is O=[N+]([O-])c1cc(Cl)nc(NCC2(O)CCCC2)c1. The molecule has 18 heavy (non-hydrogen) atoms. The van der Waals surface area contributed by atoms with E-state index in [2.05, 4.69) is 10.3 Å². The molecule has 7 heteroatoms. The summed E-state index contributed by atoms with van der Waals surface area (Å²) in [5, 5.41) is 23.8. The second-order valence-electron chi connectivity index (χ2n) is 4.58. The van der Waals surface area contributed by atoms with Crippen LogP contribution in [0.5, 0.6) is 0 Å². The number of aromatic nitrogens is 1. The molecule has 0 atom stereocenters. The van der Waals surface area contributed by atoms with Gasteiger partial charge in [0.15, 0.2) is 0 Å². The van der Waals surface area contributed by atoms with E-state index in [0.29, 0.717) is 12.4 Å². The highest BCUT2D eigenvalue weighted by atomic mass is 35.5. The summed E-state index contributed by atoms with van der Waals surface area (Å²) in [6.45, 7) is 0.331. The fourth-order valence-electron chi connectivity index (χ4n) is 2.14. The van der Waals surface area contributed by atoms with Gasteiger partial charge in [0.1, 0.15) is 11.0 Å². The Kier molecular flexibility index (Phi) is 3.68. The largest absolute Gasteiger partial charge is 0.388 e. The van der Waals surface area contributed by atoms with Crippen molar-refractivity contribution in [2.75, 3.05) is 11.9 Å². The van der Waals surface area contributed by atoms with Crippen LogP contribution in [0, 0.1) is 10.1 Å². The zero-order valence-corrected chi connectivity index (χ0v) is 10.5. The first-order valence-electron chi connectivity index (χ1n) is 5.77. The molecule has 6 nitrogen and oxygen atoms in total. The van der Waals surface area contributed by atoms with E-state index in [0.717, 1.165) is 25.7 Å². The van der Waals surface area contributed by atoms with Crippen molar-refractivity contribution in [3.05, 3.63) is 27.4 Å². The lowest BCUT2D eigenvalue weighted by Gasteiger charge is -2.22. The highest BCUT2D eigenvalue weighted by Gasteiger charge is 2.30. The van der Waals surface area contributed by atoms with Crippen molar-refractivity contribution in [3.8, 4) is 0 Å². The Morgan fingerprint density at radius 2 is 2.17 bits per heavy atom. The molecule has 2 N–H and O–H groups in total. The molecule has 2 rings (SSSR count). The standard InChI is InChI=1S/C11H14ClN3O3/c12-9-5-8(15(17)18)6-10(14-9)13-7-11(16)3-1-2-4-11/h5-6,16H,1-4,7H2,(H,13,14). The highest BCUT2D eigenvalue weighted by Crippen LogP contribution is 2.30.